The summed E-state index contributed by atoms with van der Waals surface area (Å²) in [5.41, 5.74) is 3.32. The number of rotatable bonds is 11. The van der Waals surface area contributed by atoms with Crippen molar-refractivity contribution in [1.29, 1.82) is 0 Å². The van der Waals surface area contributed by atoms with Crippen molar-refractivity contribution in [3.63, 3.8) is 0 Å². The van der Waals surface area contributed by atoms with Crippen LogP contribution in [0, 0.1) is 5.92 Å². The van der Waals surface area contributed by atoms with Gasteiger partial charge in [-0.15, -0.1) is 0 Å². The number of fused-ring (bicyclic) bond motifs is 1. The van der Waals surface area contributed by atoms with E-state index in [1.54, 1.807) is 6.20 Å². The van der Waals surface area contributed by atoms with E-state index in [-0.39, 0.29) is 0 Å². The quantitative estimate of drug-likeness (QED) is 0.431. The first-order chi connectivity index (χ1) is 17.0. The predicted octanol–water partition coefficient (Wildman–Crippen LogP) is 5.97. The van der Waals surface area contributed by atoms with Gasteiger partial charge in [-0.25, -0.2) is 4.98 Å². The third-order valence-corrected chi connectivity index (χ3v) is 8.37. The molecule has 192 valence electrons. The van der Waals surface area contributed by atoms with E-state index >= 15 is 0 Å². The molecule has 35 heavy (non-hydrogen) atoms. The van der Waals surface area contributed by atoms with Gasteiger partial charge in [-0.1, -0.05) is 52.2 Å². The largest absolute Gasteiger partial charge is 0.366 e. The summed E-state index contributed by atoms with van der Waals surface area (Å²) in [4.78, 5) is 10.0. The zero-order valence-electron chi connectivity index (χ0n) is 22.3. The molecule has 1 N–H and O–H groups in total. The van der Waals surface area contributed by atoms with Gasteiger partial charge in [0.25, 0.3) is 0 Å². The molecule has 0 bridgehead atoms. The number of anilines is 1. The van der Waals surface area contributed by atoms with E-state index in [1.165, 1.54) is 50.3 Å². The standard InChI is InChI=1S/C29H46N6/c1-6-30-23(3)13-12-22(2)27-26-16-17-31-29(28(26)33(5)32-27)35-20-18-34(19-21-35)24(4)14-15-25-10-8-7-9-11-25/h6,16-17,22,24-25,30H,1,3,7-15,18-21H2,2,4-5H3. The van der Waals surface area contributed by atoms with E-state index < -0.39 is 0 Å². The number of nitrogens with zero attached hydrogens (tertiary/aromatic N) is 5. The Hall–Kier alpha value is -2.34. The van der Waals surface area contributed by atoms with Crippen LogP contribution in [0.5, 0.6) is 0 Å². The lowest BCUT2D eigenvalue weighted by Gasteiger charge is -2.39. The molecule has 2 aromatic heterocycles. The molecular weight excluding hydrogens is 432 g/mol. The van der Waals surface area contributed by atoms with E-state index in [2.05, 4.69) is 55.2 Å². The van der Waals surface area contributed by atoms with Crippen LogP contribution in [0.15, 0.2) is 37.3 Å². The van der Waals surface area contributed by atoms with Crippen LogP contribution in [0.2, 0.25) is 0 Å². The smallest absolute Gasteiger partial charge is 0.154 e. The minimum Gasteiger partial charge on any atom is -0.366 e. The first-order valence-electron chi connectivity index (χ1n) is 13.8. The van der Waals surface area contributed by atoms with Crippen molar-refractivity contribution in [3.8, 4) is 0 Å². The Balaban J connectivity index is 1.38. The summed E-state index contributed by atoms with van der Waals surface area (Å²) in [5.74, 6) is 2.41. The molecule has 2 unspecified atom stereocenters. The van der Waals surface area contributed by atoms with Crippen LogP contribution in [-0.2, 0) is 7.05 Å². The Labute approximate surface area is 212 Å². The monoisotopic (exact) mass is 478 g/mol. The number of hydrogen-bond donors (Lipinski definition) is 1. The maximum atomic E-state index is 4.95. The summed E-state index contributed by atoms with van der Waals surface area (Å²) in [6, 6.07) is 2.82. The summed E-state index contributed by atoms with van der Waals surface area (Å²) in [7, 11) is 2.06. The maximum Gasteiger partial charge on any atom is 0.154 e. The number of allylic oxidation sites excluding steroid dienone is 1. The van der Waals surface area contributed by atoms with Gasteiger partial charge < -0.3 is 10.2 Å². The van der Waals surface area contributed by atoms with E-state index in [9.17, 15) is 0 Å². The minimum absolute atomic E-state index is 0.346. The van der Waals surface area contributed by atoms with Crippen LogP contribution in [0.4, 0.5) is 5.82 Å². The van der Waals surface area contributed by atoms with Crippen molar-refractivity contribution in [2.24, 2.45) is 13.0 Å². The minimum atomic E-state index is 0.346. The fourth-order valence-electron chi connectivity index (χ4n) is 6.08. The van der Waals surface area contributed by atoms with Crippen molar-refractivity contribution in [1.82, 2.24) is 25.0 Å². The molecule has 6 nitrogen and oxygen atoms in total. The van der Waals surface area contributed by atoms with Crippen LogP contribution >= 0.6 is 0 Å². The van der Waals surface area contributed by atoms with Crippen LogP contribution in [-0.4, -0.2) is 51.9 Å². The lowest BCUT2D eigenvalue weighted by Crippen LogP contribution is -2.50. The SMILES string of the molecule is C=CNC(=C)CCC(C)c1nn(C)c2c(N3CCN(C(C)CCC4CCCCC4)CC3)nccc12. The lowest BCUT2D eigenvalue weighted by molar-refractivity contribution is 0.175. The number of pyridine rings is 1. The zero-order valence-corrected chi connectivity index (χ0v) is 22.3. The van der Waals surface area contributed by atoms with Crippen LogP contribution in [0.3, 0.4) is 0 Å². The molecular formula is C29H46N6. The average Bonchev–Trinajstić information content (AvgIpc) is 3.23. The predicted molar refractivity (Wildman–Crippen MR) is 148 cm³/mol. The number of hydrogen-bond acceptors (Lipinski definition) is 5. The van der Waals surface area contributed by atoms with Gasteiger partial charge in [-0.05, 0) is 50.8 Å². The average molecular weight is 479 g/mol. The summed E-state index contributed by atoms with van der Waals surface area (Å²) in [6.45, 7) is 16.8. The first-order valence-corrected chi connectivity index (χ1v) is 13.8. The van der Waals surface area contributed by atoms with E-state index in [0.29, 0.717) is 12.0 Å². The van der Waals surface area contributed by atoms with E-state index in [1.807, 2.05) is 10.9 Å². The summed E-state index contributed by atoms with van der Waals surface area (Å²) in [6.07, 6.45) is 15.6. The number of nitrogens with one attached hydrogen (secondary N) is 1. The molecule has 2 aliphatic rings. The summed E-state index contributed by atoms with van der Waals surface area (Å²) < 4.78 is 2.04. The molecule has 2 fully saturated rings. The van der Waals surface area contributed by atoms with Gasteiger partial charge in [0, 0.05) is 62.5 Å². The fourth-order valence-corrected chi connectivity index (χ4v) is 6.08. The molecule has 6 heteroatoms. The molecule has 0 radical (unpaired) electrons. The molecule has 0 amide bonds. The Morgan fingerprint density at radius 3 is 2.60 bits per heavy atom. The molecule has 2 atom stereocenters. The zero-order chi connectivity index (χ0) is 24.8. The van der Waals surface area contributed by atoms with Gasteiger partial charge in [0.05, 0.1) is 5.69 Å². The summed E-state index contributed by atoms with van der Waals surface area (Å²) >= 11 is 0. The topological polar surface area (TPSA) is 49.2 Å². The van der Waals surface area contributed by atoms with Crippen molar-refractivity contribution in [2.45, 2.75) is 83.6 Å². The van der Waals surface area contributed by atoms with Crippen LogP contribution in [0.1, 0.15) is 83.2 Å². The van der Waals surface area contributed by atoms with Gasteiger partial charge in [-0.2, -0.15) is 5.10 Å². The van der Waals surface area contributed by atoms with Crippen molar-refractivity contribution < 1.29 is 0 Å². The molecule has 2 aromatic rings. The Bertz CT molecular complexity index is 980. The van der Waals surface area contributed by atoms with Crippen molar-refractivity contribution in [3.05, 3.63) is 43.0 Å². The highest BCUT2D eigenvalue weighted by atomic mass is 15.3. The van der Waals surface area contributed by atoms with E-state index in [0.717, 1.165) is 67.7 Å². The van der Waals surface area contributed by atoms with Gasteiger partial charge in [0.1, 0.15) is 5.52 Å². The first kappa shape index (κ1) is 25.7. The third-order valence-electron chi connectivity index (χ3n) is 8.37. The van der Waals surface area contributed by atoms with Crippen molar-refractivity contribution in [2.75, 3.05) is 31.1 Å². The van der Waals surface area contributed by atoms with Gasteiger partial charge in [0.15, 0.2) is 5.82 Å². The van der Waals surface area contributed by atoms with Crippen LogP contribution in [0.25, 0.3) is 10.9 Å². The van der Waals surface area contributed by atoms with Crippen molar-refractivity contribution >= 4 is 16.7 Å². The third kappa shape index (κ3) is 6.27. The molecule has 0 aromatic carbocycles. The van der Waals surface area contributed by atoms with Gasteiger partial charge in [-0.3, -0.25) is 9.58 Å². The highest BCUT2D eigenvalue weighted by molar-refractivity contribution is 5.91. The Morgan fingerprint density at radius 1 is 1.14 bits per heavy atom. The number of piperazine rings is 1. The van der Waals surface area contributed by atoms with Gasteiger partial charge in [0.2, 0.25) is 0 Å². The number of aryl methyl sites for hydroxylation is 1. The highest BCUT2D eigenvalue weighted by Gasteiger charge is 2.26. The van der Waals surface area contributed by atoms with Crippen LogP contribution < -0.4 is 10.2 Å². The van der Waals surface area contributed by atoms with Gasteiger partial charge >= 0.3 is 0 Å². The number of aromatic nitrogens is 3. The highest BCUT2D eigenvalue weighted by Crippen LogP contribution is 2.33. The second kappa shape index (κ2) is 12.1. The molecule has 1 saturated carbocycles. The fraction of sp³-hybridized carbons (Fsp3) is 0.655. The molecule has 1 saturated heterocycles. The molecule has 0 spiro atoms. The lowest BCUT2D eigenvalue weighted by atomic mass is 9.85. The Kier molecular flexibility index (Phi) is 8.88. The summed E-state index contributed by atoms with van der Waals surface area (Å²) in [5, 5.41) is 9.29. The maximum absolute atomic E-state index is 4.95. The molecule has 1 aliphatic heterocycles. The Morgan fingerprint density at radius 2 is 1.89 bits per heavy atom. The second-order valence-corrected chi connectivity index (χ2v) is 10.9. The molecule has 1 aliphatic carbocycles. The molecule has 4 rings (SSSR count). The van der Waals surface area contributed by atoms with E-state index in [4.69, 9.17) is 10.1 Å². The second-order valence-electron chi connectivity index (χ2n) is 10.9. The normalized spacial score (nSPS) is 19.6. The molecule has 3 heterocycles.